The Morgan fingerprint density at radius 3 is 2.41 bits per heavy atom. The Kier molecular flexibility index (Phi) is 4.74. The summed E-state index contributed by atoms with van der Waals surface area (Å²) in [5, 5.41) is 6.72. The molecule has 0 aliphatic carbocycles. The zero-order valence-electron chi connectivity index (χ0n) is 12.9. The normalized spacial score (nSPS) is 19.3. The van der Waals surface area contributed by atoms with Crippen molar-refractivity contribution in [3.63, 3.8) is 0 Å². The minimum atomic E-state index is -0.571. The van der Waals surface area contributed by atoms with Crippen LogP contribution in [0.15, 0.2) is 53.5 Å². The smallest absolute Gasteiger partial charge is 0.166 e. The molecule has 0 saturated carbocycles. The molecule has 5 heteroatoms. The number of benzene rings is 2. The Hall–Kier alpha value is -2.04. The minimum Gasteiger partial charge on any atom is -0.497 e. The summed E-state index contributed by atoms with van der Waals surface area (Å²) in [5.74, 6) is 1.73. The van der Waals surface area contributed by atoms with E-state index < -0.39 is 5.66 Å². The van der Waals surface area contributed by atoms with E-state index in [2.05, 4.69) is 22.8 Å². The lowest BCUT2D eigenvalue weighted by Crippen LogP contribution is -2.43. The van der Waals surface area contributed by atoms with Crippen LogP contribution in [0.5, 0.6) is 5.75 Å². The largest absolute Gasteiger partial charge is 0.497 e. The van der Waals surface area contributed by atoms with Crippen LogP contribution in [-0.4, -0.2) is 20.0 Å². The van der Waals surface area contributed by atoms with E-state index in [4.69, 9.17) is 9.73 Å². The molecule has 1 atom stereocenters. The van der Waals surface area contributed by atoms with Crippen molar-refractivity contribution in [3.8, 4) is 5.75 Å². The van der Waals surface area contributed by atoms with E-state index in [1.165, 1.54) is 0 Å². The SMILES string of the molecule is CNC1(c2ccc(OC)cc2)N=C(C)Nc2ccccc21.Cl. The van der Waals surface area contributed by atoms with E-state index in [0.29, 0.717) is 0 Å². The predicted octanol–water partition coefficient (Wildman–Crippen LogP) is 3.38. The molecule has 0 bridgehead atoms. The highest BCUT2D eigenvalue weighted by molar-refractivity contribution is 5.97. The monoisotopic (exact) mass is 317 g/mol. The molecule has 2 N–H and O–H groups in total. The van der Waals surface area contributed by atoms with E-state index in [0.717, 1.165) is 28.4 Å². The summed E-state index contributed by atoms with van der Waals surface area (Å²) in [4.78, 5) is 4.85. The Bertz CT molecular complexity index is 685. The van der Waals surface area contributed by atoms with Gasteiger partial charge in [0.2, 0.25) is 0 Å². The molecule has 1 heterocycles. The molecule has 3 rings (SSSR count). The van der Waals surface area contributed by atoms with Crippen LogP contribution in [-0.2, 0) is 5.66 Å². The van der Waals surface area contributed by atoms with Crippen LogP contribution in [0.2, 0.25) is 0 Å². The van der Waals surface area contributed by atoms with Gasteiger partial charge >= 0.3 is 0 Å². The molecule has 0 spiro atoms. The topological polar surface area (TPSA) is 45.6 Å². The van der Waals surface area contributed by atoms with Crippen molar-refractivity contribution in [2.24, 2.45) is 4.99 Å². The lowest BCUT2D eigenvalue weighted by molar-refractivity contribution is 0.412. The minimum absolute atomic E-state index is 0. The van der Waals surface area contributed by atoms with Crippen molar-refractivity contribution in [3.05, 3.63) is 59.7 Å². The number of anilines is 1. The first-order valence-electron chi connectivity index (χ1n) is 6.96. The van der Waals surface area contributed by atoms with Crippen LogP contribution in [0.25, 0.3) is 0 Å². The molecule has 22 heavy (non-hydrogen) atoms. The van der Waals surface area contributed by atoms with E-state index in [9.17, 15) is 0 Å². The van der Waals surface area contributed by atoms with Gasteiger partial charge in [0.15, 0.2) is 5.66 Å². The number of halogens is 1. The van der Waals surface area contributed by atoms with Gasteiger partial charge < -0.3 is 10.1 Å². The molecule has 0 radical (unpaired) electrons. The molecule has 2 aromatic carbocycles. The number of amidine groups is 1. The number of nitrogens with zero attached hydrogens (tertiary/aromatic N) is 1. The van der Waals surface area contributed by atoms with Gasteiger partial charge in [0.1, 0.15) is 11.6 Å². The number of hydrogen-bond acceptors (Lipinski definition) is 4. The van der Waals surface area contributed by atoms with Crippen LogP contribution in [0, 0.1) is 0 Å². The molecule has 1 aliphatic heterocycles. The third kappa shape index (κ3) is 2.56. The van der Waals surface area contributed by atoms with Crippen LogP contribution in [0.1, 0.15) is 18.1 Å². The lowest BCUT2D eigenvalue weighted by Gasteiger charge is -2.36. The molecular weight excluding hydrogens is 298 g/mol. The maximum Gasteiger partial charge on any atom is 0.166 e. The van der Waals surface area contributed by atoms with Crippen LogP contribution < -0.4 is 15.4 Å². The standard InChI is InChI=1S/C17H19N3O.ClH/c1-12-19-16-7-5-4-6-15(16)17(18-2,20-12)13-8-10-14(21-3)11-9-13;/h4-11,18H,1-3H3,(H,19,20);1H. The fraction of sp³-hybridized carbons (Fsp3) is 0.235. The number of fused-ring (bicyclic) bond motifs is 1. The second kappa shape index (κ2) is 6.38. The van der Waals surface area contributed by atoms with Crippen LogP contribution >= 0.6 is 12.4 Å². The van der Waals surface area contributed by atoms with Gasteiger partial charge in [-0.05, 0) is 37.7 Å². The number of rotatable bonds is 3. The van der Waals surface area contributed by atoms with Crippen molar-refractivity contribution in [1.82, 2.24) is 5.32 Å². The van der Waals surface area contributed by atoms with Crippen molar-refractivity contribution in [2.75, 3.05) is 19.5 Å². The molecule has 1 aliphatic rings. The van der Waals surface area contributed by atoms with Gasteiger partial charge in [0.05, 0.1) is 7.11 Å². The van der Waals surface area contributed by atoms with Gasteiger partial charge in [0, 0.05) is 11.3 Å². The van der Waals surface area contributed by atoms with E-state index in [1.807, 2.05) is 50.4 Å². The summed E-state index contributed by atoms with van der Waals surface area (Å²) < 4.78 is 5.25. The summed E-state index contributed by atoms with van der Waals surface area (Å²) in [6.45, 7) is 1.98. The van der Waals surface area contributed by atoms with Gasteiger partial charge in [-0.25, -0.2) is 4.99 Å². The number of para-hydroxylation sites is 1. The Balaban J connectivity index is 0.00000176. The quantitative estimate of drug-likeness (QED) is 0.912. The van der Waals surface area contributed by atoms with E-state index in [1.54, 1.807) is 7.11 Å². The molecule has 1 unspecified atom stereocenters. The highest BCUT2D eigenvalue weighted by Crippen LogP contribution is 2.38. The number of aliphatic imine (C=N–C) groups is 1. The Labute approximate surface area is 137 Å². The fourth-order valence-electron chi connectivity index (χ4n) is 2.83. The third-order valence-electron chi connectivity index (χ3n) is 3.84. The molecule has 4 nitrogen and oxygen atoms in total. The first-order chi connectivity index (χ1) is 10.2. The van der Waals surface area contributed by atoms with Gasteiger partial charge in [-0.1, -0.05) is 30.3 Å². The average molecular weight is 318 g/mol. The van der Waals surface area contributed by atoms with Crippen molar-refractivity contribution in [1.29, 1.82) is 0 Å². The molecule has 0 amide bonds. The Morgan fingerprint density at radius 2 is 1.77 bits per heavy atom. The maximum absolute atomic E-state index is 5.25. The molecule has 0 aromatic heterocycles. The number of hydrogen-bond donors (Lipinski definition) is 2. The highest BCUT2D eigenvalue weighted by atomic mass is 35.5. The van der Waals surface area contributed by atoms with Crippen LogP contribution in [0.4, 0.5) is 5.69 Å². The first-order valence-corrected chi connectivity index (χ1v) is 6.96. The summed E-state index contributed by atoms with van der Waals surface area (Å²) in [5.41, 5.74) is 2.70. The molecule has 2 aromatic rings. The van der Waals surface area contributed by atoms with Crippen molar-refractivity contribution < 1.29 is 4.74 Å². The van der Waals surface area contributed by atoms with Crippen molar-refractivity contribution in [2.45, 2.75) is 12.6 Å². The number of nitrogens with one attached hydrogen (secondary N) is 2. The molecule has 0 fully saturated rings. The van der Waals surface area contributed by atoms with E-state index >= 15 is 0 Å². The number of ether oxygens (including phenoxy) is 1. The second-order valence-electron chi connectivity index (χ2n) is 5.06. The summed E-state index contributed by atoms with van der Waals surface area (Å²) >= 11 is 0. The molecule has 0 saturated heterocycles. The average Bonchev–Trinajstić information content (AvgIpc) is 2.54. The maximum atomic E-state index is 5.25. The predicted molar refractivity (Wildman–Crippen MR) is 93.3 cm³/mol. The highest BCUT2D eigenvalue weighted by Gasteiger charge is 2.36. The Morgan fingerprint density at radius 1 is 1.09 bits per heavy atom. The molecular formula is C17H20ClN3O. The second-order valence-corrected chi connectivity index (χ2v) is 5.06. The van der Waals surface area contributed by atoms with Gasteiger partial charge in [-0.2, -0.15) is 0 Å². The molecule has 116 valence electrons. The zero-order chi connectivity index (χ0) is 14.9. The van der Waals surface area contributed by atoms with E-state index in [-0.39, 0.29) is 12.4 Å². The zero-order valence-corrected chi connectivity index (χ0v) is 13.7. The van der Waals surface area contributed by atoms with Gasteiger partial charge in [0.25, 0.3) is 0 Å². The summed E-state index contributed by atoms with van der Waals surface area (Å²) in [6.07, 6.45) is 0. The summed E-state index contributed by atoms with van der Waals surface area (Å²) in [6, 6.07) is 16.3. The lowest BCUT2D eigenvalue weighted by atomic mass is 9.89. The first kappa shape index (κ1) is 16.3. The summed E-state index contributed by atoms with van der Waals surface area (Å²) in [7, 11) is 3.61. The fourth-order valence-corrected chi connectivity index (χ4v) is 2.83. The van der Waals surface area contributed by atoms with Gasteiger partial charge in [-0.3, -0.25) is 5.32 Å². The third-order valence-corrected chi connectivity index (χ3v) is 3.84. The van der Waals surface area contributed by atoms with Crippen LogP contribution in [0.3, 0.4) is 0 Å². The van der Waals surface area contributed by atoms with Gasteiger partial charge in [-0.15, -0.1) is 12.4 Å². The number of methoxy groups -OCH3 is 1. The van der Waals surface area contributed by atoms with Crippen molar-refractivity contribution >= 4 is 23.9 Å².